The Balaban J connectivity index is 3.22. The van der Waals surface area contributed by atoms with Crippen molar-refractivity contribution in [1.82, 2.24) is 5.32 Å². The Kier molecular flexibility index (Phi) is 7.79. The summed E-state index contributed by atoms with van der Waals surface area (Å²) in [6.45, 7) is 2.19. The zero-order valence-corrected chi connectivity index (χ0v) is 8.90. The molecule has 0 bridgehead atoms. The molecule has 0 aliphatic rings. The predicted molar refractivity (Wildman–Crippen MR) is 56.0 cm³/mol. The van der Waals surface area contributed by atoms with Crippen LogP contribution < -0.4 is 5.32 Å². The molecule has 0 spiro atoms. The van der Waals surface area contributed by atoms with Gasteiger partial charge in [-0.05, 0) is 19.8 Å². The van der Waals surface area contributed by atoms with Gasteiger partial charge >= 0.3 is 0 Å². The van der Waals surface area contributed by atoms with Gasteiger partial charge in [0.2, 0.25) is 5.91 Å². The number of carbonyl (C=O) groups excluding carboxylic acids is 2. The minimum absolute atomic E-state index is 0.0533. The minimum atomic E-state index is 0.0533. The molecule has 0 rings (SSSR count). The van der Waals surface area contributed by atoms with E-state index in [1.807, 2.05) is 0 Å². The van der Waals surface area contributed by atoms with Crippen LogP contribution in [0.3, 0.4) is 0 Å². The maximum Gasteiger partial charge on any atom is 0.220 e. The van der Waals surface area contributed by atoms with Crippen LogP contribution in [0.2, 0.25) is 0 Å². The van der Waals surface area contributed by atoms with Crippen molar-refractivity contribution in [3.63, 3.8) is 0 Å². The van der Waals surface area contributed by atoms with E-state index in [4.69, 9.17) is 0 Å². The minimum Gasteiger partial charge on any atom is -0.355 e. The zero-order valence-electron chi connectivity index (χ0n) is 8.01. The van der Waals surface area contributed by atoms with Gasteiger partial charge in [-0.1, -0.05) is 0 Å². The number of ketones is 1. The van der Waals surface area contributed by atoms with Gasteiger partial charge in [-0.25, -0.2) is 0 Å². The fourth-order valence-corrected chi connectivity index (χ4v) is 1.06. The first-order valence-electron chi connectivity index (χ1n) is 4.54. The Labute approximate surface area is 84.7 Å². The van der Waals surface area contributed by atoms with E-state index in [1.165, 1.54) is 0 Å². The summed E-state index contributed by atoms with van der Waals surface area (Å²) in [5, 5.41) is 2.72. The lowest BCUT2D eigenvalue weighted by Crippen LogP contribution is -2.24. The predicted octanol–water partition coefficient (Wildman–Crippen LogP) is 1.18. The van der Waals surface area contributed by atoms with E-state index in [2.05, 4.69) is 17.9 Å². The van der Waals surface area contributed by atoms with Crippen molar-refractivity contribution in [3.05, 3.63) is 0 Å². The summed E-state index contributed by atoms with van der Waals surface area (Å²) < 4.78 is 0. The average Bonchev–Trinajstić information content (AvgIpc) is 2.08. The molecule has 0 aliphatic carbocycles. The summed E-state index contributed by atoms with van der Waals surface area (Å²) in [4.78, 5) is 21.6. The fraction of sp³-hybridized carbons (Fsp3) is 0.778. The van der Waals surface area contributed by atoms with E-state index >= 15 is 0 Å². The van der Waals surface area contributed by atoms with Crippen LogP contribution in [0.5, 0.6) is 0 Å². The van der Waals surface area contributed by atoms with Gasteiger partial charge in [0, 0.05) is 25.1 Å². The molecular weight excluding hydrogens is 186 g/mol. The highest BCUT2D eigenvalue weighted by Crippen LogP contribution is 1.99. The van der Waals surface area contributed by atoms with Crippen LogP contribution in [0.4, 0.5) is 0 Å². The van der Waals surface area contributed by atoms with E-state index in [-0.39, 0.29) is 11.7 Å². The molecule has 0 aliphatic heterocycles. The number of amides is 1. The summed E-state index contributed by atoms with van der Waals surface area (Å²) in [5.41, 5.74) is 0. The molecular formula is C9H17NO2S. The highest BCUT2D eigenvalue weighted by Gasteiger charge is 2.00. The Bertz CT molecular complexity index is 171. The Morgan fingerprint density at radius 1 is 1.23 bits per heavy atom. The maximum absolute atomic E-state index is 11.0. The van der Waals surface area contributed by atoms with E-state index in [0.29, 0.717) is 25.1 Å². The largest absolute Gasteiger partial charge is 0.355 e. The number of hydrogen-bond donors (Lipinski definition) is 2. The summed E-state index contributed by atoms with van der Waals surface area (Å²) in [6, 6.07) is 0. The summed E-state index contributed by atoms with van der Waals surface area (Å²) in [7, 11) is 0. The number of hydrogen-bond acceptors (Lipinski definition) is 3. The standard InChI is InChI=1S/C9H17NO2S/c1-8(11)4-2-3-5-9(12)10-6-7-13/h13H,2-7H2,1H3,(H,10,12). The number of thiol groups is 1. The summed E-state index contributed by atoms with van der Waals surface area (Å²) in [6.07, 6.45) is 2.70. The van der Waals surface area contributed by atoms with Crippen molar-refractivity contribution >= 4 is 24.3 Å². The van der Waals surface area contributed by atoms with Gasteiger partial charge in [0.15, 0.2) is 0 Å². The van der Waals surface area contributed by atoms with Crippen molar-refractivity contribution in [2.45, 2.75) is 32.6 Å². The van der Waals surface area contributed by atoms with Gasteiger partial charge in [0.25, 0.3) is 0 Å². The molecule has 0 atom stereocenters. The molecule has 1 N–H and O–H groups in total. The quantitative estimate of drug-likeness (QED) is 0.482. The molecule has 1 amide bonds. The second-order valence-electron chi connectivity index (χ2n) is 2.98. The van der Waals surface area contributed by atoms with Crippen molar-refractivity contribution < 1.29 is 9.59 Å². The van der Waals surface area contributed by atoms with Gasteiger partial charge in [-0.3, -0.25) is 4.79 Å². The molecule has 0 fully saturated rings. The van der Waals surface area contributed by atoms with E-state index < -0.39 is 0 Å². The smallest absolute Gasteiger partial charge is 0.220 e. The third kappa shape index (κ3) is 9.40. The molecule has 0 heterocycles. The lowest BCUT2D eigenvalue weighted by atomic mass is 10.1. The number of unbranched alkanes of at least 4 members (excludes halogenated alkanes) is 1. The monoisotopic (exact) mass is 203 g/mol. The van der Waals surface area contributed by atoms with Gasteiger partial charge in [-0.15, -0.1) is 0 Å². The summed E-state index contributed by atoms with van der Waals surface area (Å²) >= 11 is 3.97. The Morgan fingerprint density at radius 2 is 1.85 bits per heavy atom. The van der Waals surface area contributed by atoms with Crippen molar-refractivity contribution in [3.8, 4) is 0 Å². The van der Waals surface area contributed by atoms with Gasteiger partial charge in [-0.2, -0.15) is 12.6 Å². The number of nitrogens with one attached hydrogen (secondary N) is 1. The highest BCUT2D eigenvalue weighted by atomic mass is 32.1. The van der Waals surface area contributed by atoms with Crippen molar-refractivity contribution in [1.29, 1.82) is 0 Å². The normalized spacial score (nSPS) is 9.69. The van der Waals surface area contributed by atoms with E-state index in [9.17, 15) is 9.59 Å². The number of Topliss-reactive ketones (excluding diaryl/α,β-unsaturated/α-hetero) is 1. The Morgan fingerprint density at radius 3 is 2.38 bits per heavy atom. The van der Waals surface area contributed by atoms with Crippen LogP contribution in [-0.2, 0) is 9.59 Å². The molecule has 0 aromatic heterocycles. The first kappa shape index (κ1) is 12.5. The Hall–Kier alpha value is -0.510. The average molecular weight is 203 g/mol. The lowest BCUT2D eigenvalue weighted by Gasteiger charge is -2.01. The fourth-order valence-electron chi connectivity index (χ4n) is 0.943. The third-order valence-electron chi connectivity index (χ3n) is 1.62. The number of carbonyl (C=O) groups is 2. The van der Waals surface area contributed by atoms with Crippen LogP contribution in [0.15, 0.2) is 0 Å². The zero-order chi connectivity index (χ0) is 10.1. The van der Waals surface area contributed by atoms with E-state index in [1.54, 1.807) is 6.92 Å². The van der Waals surface area contributed by atoms with E-state index in [0.717, 1.165) is 12.8 Å². The molecule has 0 aromatic rings. The number of rotatable bonds is 7. The first-order chi connectivity index (χ1) is 6.16. The summed E-state index contributed by atoms with van der Waals surface area (Å²) in [5.74, 6) is 0.910. The molecule has 0 unspecified atom stereocenters. The van der Waals surface area contributed by atoms with Crippen molar-refractivity contribution in [2.24, 2.45) is 0 Å². The molecule has 0 radical (unpaired) electrons. The van der Waals surface area contributed by atoms with Gasteiger partial charge < -0.3 is 10.1 Å². The second-order valence-corrected chi connectivity index (χ2v) is 3.43. The van der Waals surface area contributed by atoms with Gasteiger partial charge in [0.05, 0.1) is 0 Å². The molecule has 4 heteroatoms. The van der Waals surface area contributed by atoms with Crippen LogP contribution in [0, 0.1) is 0 Å². The molecule has 0 saturated carbocycles. The first-order valence-corrected chi connectivity index (χ1v) is 5.17. The van der Waals surface area contributed by atoms with Gasteiger partial charge in [0.1, 0.15) is 5.78 Å². The van der Waals surface area contributed by atoms with Crippen LogP contribution >= 0.6 is 12.6 Å². The SMILES string of the molecule is CC(=O)CCCCC(=O)NCCS. The van der Waals surface area contributed by atoms with Crippen LogP contribution in [-0.4, -0.2) is 24.0 Å². The van der Waals surface area contributed by atoms with Crippen molar-refractivity contribution in [2.75, 3.05) is 12.3 Å². The van der Waals surface area contributed by atoms with Crippen LogP contribution in [0.25, 0.3) is 0 Å². The highest BCUT2D eigenvalue weighted by molar-refractivity contribution is 7.80. The molecule has 13 heavy (non-hydrogen) atoms. The molecule has 0 aromatic carbocycles. The maximum atomic E-state index is 11.0. The third-order valence-corrected chi connectivity index (χ3v) is 1.84. The molecule has 0 saturated heterocycles. The molecule has 76 valence electrons. The lowest BCUT2D eigenvalue weighted by molar-refractivity contribution is -0.121. The topological polar surface area (TPSA) is 46.2 Å². The molecule has 3 nitrogen and oxygen atoms in total. The second kappa shape index (κ2) is 8.10. The van der Waals surface area contributed by atoms with Crippen LogP contribution in [0.1, 0.15) is 32.6 Å².